The Labute approximate surface area is 92.7 Å². The number of benzene rings is 1. The summed E-state index contributed by atoms with van der Waals surface area (Å²) in [5.74, 6) is 0.714. The number of halogens is 1. The predicted molar refractivity (Wildman–Crippen MR) is 61.5 cm³/mol. The van der Waals surface area contributed by atoms with Gasteiger partial charge in [-0.25, -0.2) is 14.4 Å². The third kappa shape index (κ3) is 2.09. The monoisotopic (exact) mass is 220 g/mol. The fourth-order valence-corrected chi connectivity index (χ4v) is 1.53. The Hall–Kier alpha value is -1.75. The average molecular weight is 220 g/mol. The molecular weight excluding hydrogens is 207 g/mol. The van der Waals surface area contributed by atoms with Crippen molar-refractivity contribution in [1.29, 1.82) is 0 Å². The van der Waals surface area contributed by atoms with Gasteiger partial charge in [0, 0.05) is 24.4 Å². The van der Waals surface area contributed by atoms with Crippen LogP contribution < -0.4 is 11.1 Å². The quantitative estimate of drug-likeness (QED) is 0.813. The first kappa shape index (κ1) is 10.8. The second kappa shape index (κ2) is 4.40. The van der Waals surface area contributed by atoms with Gasteiger partial charge in [-0.15, -0.1) is 0 Å². The summed E-state index contributed by atoms with van der Waals surface area (Å²) in [6.07, 6.45) is 0.674. The molecule has 0 saturated carbocycles. The summed E-state index contributed by atoms with van der Waals surface area (Å²) in [4.78, 5) is 8.44. The minimum atomic E-state index is -0.315. The molecule has 0 aliphatic carbocycles. The van der Waals surface area contributed by atoms with Gasteiger partial charge in [-0.05, 0) is 19.2 Å². The number of nitrogens with one attached hydrogen (secondary N) is 1. The molecule has 1 heterocycles. The third-order valence-electron chi connectivity index (χ3n) is 2.33. The van der Waals surface area contributed by atoms with Gasteiger partial charge in [0.05, 0.1) is 5.52 Å². The number of nitrogen functional groups attached to an aromatic ring is 1. The molecule has 0 spiro atoms. The number of nitrogens with zero attached hydrogens (tertiary/aromatic N) is 2. The summed E-state index contributed by atoms with van der Waals surface area (Å²) in [6, 6.07) is 4.33. The first-order valence-corrected chi connectivity index (χ1v) is 5.07. The Balaban J connectivity index is 2.47. The Kier molecular flexibility index (Phi) is 2.96. The largest absolute Gasteiger partial charge is 0.383 e. The highest BCUT2D eigenvalue weighted by Crippen LogP contribution is 2.18. The molecule has 0 unspecified atom stereocenters. The summed E-state index contributed by atoms with van der Waals surface area (Å²) in [5, 5.41) is 3.69. The molecule has 1 aromatic carbocycles. The van der Waals surface area contributed by atoms with Crippen LogP contribution in [0.4, 0.5) is 10.2 Å². The summed E-state index contributed by atoms with van der Waals surface area (Å²) >= 11 is 0. The average Bonchev–Trinajstić information content (AvgIpc) is 2.25. The van der Waals surface area contributed by atoms with Crippen LogP contribution in [0.1, 0.15) is 5.82 Å². The lowest BCUT2D eigenvalue weighted by Crippen LogP contribution is -2.13. The van der Waals surface area contributed by atoms with Crippen LogP contribution in [0.15, 0.2) is 18.2 Å². The molecule has 4 nitrogen and oxygen atoms in total. The molecule has 5 heteroatoms. The van der Waals surface area contributed by atoms with Gasteiger partial charge < -0.3 is 11.1 Å². The van der Waals surface area contributed by atoms with E-state index in [1.165, 1.54) is 12.1 Å². The lowest BCUT2D eigenvalue weighted by Gasteiger charge is -2.05. The molecule has 1 aromatic heterocycles. The molecule has 3 N–H and O–H groups in total. The summed E-state index contributed by atoms with van der Waals surface area (Å²) in [7, 11) is 1.85. The maximum Gasteiger partial charge on any atom is 0.135 e. The lowest BCUT2D eigenvalue weighted by molar-refractivity contribution is 0.629. The fourth-order valence-electron chi connectivity index (χ4n) is 1.53. The van der Waals surface area contributed by atoms with Crippen LogP contribution in [-0.2, 0) is 6.42 Å². The van der Waals surface area contributed by atoms with Crippen molar-refractivity contribution >= 4 is 16.7 Å². The van der Waals surface area contributed by atoms with E-state index in [0.29, 0.717) is 29.0 Å². The van der Waals surface area contributed by atoms with Crippen LogP contribution in [0.25, 0.3) is 10.9 Å². The highest BCUT2D eigenvalue weighted by atomic mass is 19.1. The van der Waals surface area contributed by atoms with Crippen molar-refractivity contribution in [1.82, 2.24) is 15.3 Å². The second-order valence-electron chi connectivity index (χ2n) is 3.54. The molecule has 0 saturated heterocycles. The third-order valence-corrected chi connectivity index (χ3v) is 2.33. The zero-order valence-electron chi connectivity index (χ0n) is 9.00. The molecule has 16 heavy (non-hydrogen) atoms. The number of hydrogen-bond donors (Lipinski definition) is 2. The van der Waals surface area contributed by atoms with Gasteiger partial charge in [-0.2, -0.15) is 0 Å². The zero-order chi connectivity index (χ0) is 11.5. The number of fused-ring (bicyclic) bond motifs is 1. The van der Waals surface area contributed by atoms with Crippen molar-refractivity contribution in [3.8, 4) is 0 Å². The molecule has 0 fully saturated rings. The van der Waals surface area contributed by atoms with Crippen molar-refractivity contribution in [2.45, 2.75) is 6.42 Å². The molecule has 0 aliphatic rings. The van der Waals surface area contributed by atoms with E-state index in [2.05, 4.69) is 15.3 Å². The van der Waals surface area contributed by atoms with Gasteiger partial charge in [0.2, 0.25) is 0 Å². The standard InChI is InChI=1S/C11H13FN4/c1-14-5-4-10-15-9-6-7(12)2-3-8(9)11(13)16-10/h2-3,6,14H,4-5H2,1H3,(H2,13,15,16). The van der Waals surface area contributed by atoms with Crippen LogP contribution in [-0.4, -0.2) is 23.6 Å². The first-order valence-electron chi connectivity index (χ1n) is 5.07. The number of likely N-dealkylation sites (N-methyl/N-ethyl adjacent to an activating group) is 1. The predicted octanol–water partition coefficient (Wildman–Crippen LogP) is 1.11. The Bertz CT molecular complexity index is 513. The second-order valence-corrected chi connectivity index (χ2v) is 3.54. The summed E-state index contributed by atoms with van der Waals surface area (Å²) in [6.45, 7) is 0.764. The normalized spacial score (nSPS) is 10.9. The molecule has 2 rings (SSSR count). The summed E-state index contributed by atoms with van der Waals surface area (Å²) in [5.41, 5.74) is 6.34. The van der Waals surface area contributed by atoms with Crippen LogP contribution in [0.2, 0.25) is 0 Å². The van der Waals surface area contributed by atoms with Gasteiger partial charge in [0.1, 0.15) is 17.5 Å². The zero-order valence-corrected chi connectivity index (χ0v) is 9.00. The van der Waals surface area contributed by atoms with Crippen LogP contribution >= 0.6 is 0 Å². The Morgan fingerprint density at radius 3 is 2.94 bits per heavy atom. The van der Waals surface area contributed by atoms with Gasteiger partial charge in [-0.3, -0.25) is 0 Å². The molecule has 0 bridgehead atoms. The van der Waals surface area contributed by atoms with E-state index in [9.17, 15) is 4.39 Å². The van der Waals surface area contributed by atoms with E-state index in [4.69, 9.17) is 5.73 Å². The Morgan fingerprint density at radius 2 is 2.19 bits per heavy atom. The molecule has 0 aliphatic heterocycles. The van der Waals surface area contributed by atoms with E-state index >= 15 is 0 Å². The number of rotatable bonds is 3. The van der Waals surface area contributed by atoms with Crippen molar-refractivity contribution < 1.29 is 4.39 Å². The van der Waals surface area contributed by atoms with Crippen LogP contribution in [0.5, 0.6) is 0 Å². The van der Waals surface area contributed by atoms with E-state index < -0.39 is 0 Å². The molecule has 0 amide bonds. The topological polar surface area (TPSA) is 63.8 Å². The van der Waals surface area contributed by atoms with Gasteiger partial charge >= 0.3 is 0 Å². The van der Waals surface area contributed by atoms with E-state index in [1.54, 1.807) is 6.07 Å². The van der Waals surface area contributed by atoms with Crippen molar-refractivity contribution in [3.63, 3.8) is 0 Å². The molecular formula is C11H13FN4. The van der Waals surface area contributed by atoms with Crippen LogP contribution in [0, 0.1) is 5.82 Å². The van der Waals surface area contributed by atoms with Gasteiger partial charge in [-0.1, -0.05) is 0 Å². The summed E-state index contributed by atoms with van der Waals surface area (Å²) < 4.78 is 13.0. The van der Waals surface area contributed by atoms with E-state index in [-0.39, 0.29) is 5.82 Å². The molecule has 2 aromatic rings. The fraction of sp³-hybridized carbons (Fsp3) is 0.273. The lowest BCUT2D eigenvalue weighted by atomic mass is 10.2. The highest BCUT2D eigenvalue weighted by molar-refractivity contribution is 5.87. The van der Waals surface area contributed by atoms with Crippen molar-refractivity contribution in [3.05, 3.63) is 29.8 Å². The molecule has 0 radical (unpaired) electrons. The highest BCUT2D eigenvalue weighted by Gasteiger charge is 2.05. The minimum Gasteiger partial charge on any atom is -0.383 e. The minimum absolute atomic E-state index is 0.315. The maximum atomic E-state index is 13.0. The van der Waals surface area contributed by atoms with Crippen LogP contribution in [0.3, 0.4) is 0 Å². The number of aromatic nitrogens is 2. The van der Waals surface area contributed by atoms with Gasteiger partial charge in [0.25, 0.3) is 0 Å². The van der Waals surface area contributed by atoms with Crippen molar-refractivity contribution in [2.75, 3.05) is 19.3 Å². The van der Waals surface area contributed by atoms with E-state index in [1.807, 2.05) is 7.05 Å². The smallest absolute Gasteiger partial charge is 0.135 e. The van der Waals surface area contributed by atoms with Gasteiger partial charge in [0.15, 0.2) is 0 Å². The maximum absolute atomic E-state index is 13.0. The van der Waals surface area contributed by atoms with Crippen molar-refractivity contribution in [2.24, 2.45) is 0 Å². The van der Waals surface area contributed by atoms with E-state index in [0.717, 1.165) is 6.54 Å². The number of hydrogen-bond acceptors (Lipinski definition) is 4. The Morgan fingerprint density at radius 1 is 1.38 bits per heavy atom. The molecule has 84 valence electrons. The number of anilines is 1. The number of nitrogens with two attached hydrogens (primary N) is 1. The SMILES string of the molecule is CNCCc1nc(N)c2ccc(F)cc2n1. The molecule has 0 atom stereocenters. The first-order chi connectivity index (χ1) is 7.70.